The van der Waals surface area contributed by atoms with Crippen LogP contribution in [0.5, 0.6) is 0 Å². The summed E-state index contributed by atoms with van der Waals surface area (Å²) in [6, 6.07) is 0.567. The maximum absolute atomic E-state index is 4.29. The number of hydrogen-bond donors (Lipinski definition) is 1. The molecule has 0 saturated heterocycles. The normalized spacial score (nSPS) is 24.0. The van der Waals surface area contributed by atoms with Crippen molar-refractivity contribution in [1.82, 2.24) is 20.3 Å². The van der Waals surface area contributed by atoms with E-state index < -0.39 is 0 Å². The summed E-state index contributed by atoms with van der Waals surface area (Å²) in [5.41, 5.74) is 1.37. The van der Waals surface area contributed by atoms with Gasteiger partial charge >= 0.3 is 0 Å². The average molecular weight is 278 g/mol. The lowest BCUT2D eigenvalue weighted by atomic mass is 9.85. The van der Waals surface area contributed by atoms with E-state index in [9.17, 15) is 0 Å². The molecule has 0 aromatic carbocycles. The molecule has 2 unspecified atom stereocenters. The molecule has 0 aliphatic heterocycles. The van der Waals surface area contributed by atoms with Crippen molar-refractivity contribution >= 4 is 0 Å². The van der Waals surface area contributed by atoms with Gasteiger partial charge in [-0.3, -0.25) is 0 Å². The third-order valence-electron chi connectivity index (χ3n) is 4.41. The van der Waals surface area contributed by atoms with Gasteiger partial charge in [-0.25, -0.2) is 4.68 Å². The summed E-state index contributed by atoms with van der Waals surface area (Å²) in [7, 11) is 0. The molecule has 1 aliphatic carbocycles. The quantitative estimate of drug-likeness (QED) is 0.811. The molecule has 4 heteroatoms. The molecule has 0 bridgehead atoms. The van der Waals surface area contributed by atoms with Crippen molar-refractivity contribution in [2.75, 3.05) is 6.54 Å². The van der Waals surface area contributed by atoms with Crippen LogP contribution in [0.25, 0.3) is 0 Å². The molecular formula is C16H30N4. The van der Waals surface area contributed by atoms with Crippen LogP contribution >= 0.6 is 0 Å². The third-order valence-corrected chi connectivity index (χ3v) is 4.41. The summed E-state index contributed by atoms with van der Waals surface area (Å²) in [6.45, 7) is 8.79. The molecule has 20 heavy (non-hydrogen) atoms. The van der Waals surface area contributed by atoms with Crippen LogP contribution < -0.4 is 5.32 Å². The second-order valence-electron chi connectivity index (χ2n) is 6.45. The Labute approximate surface area is 123 Å². The first-order chi connectivity index (χ1) is 9.72. The van der Waals surface area contributed by atoms with Gasteiger partial charge in [-0.15, -0.1) is 5.10 Å². The lowest BCUT2D eigenvalue weighted by Gasteiger charge is -2.26. The smallest absolute Gasteiger partial charge is 0.0728 e. The number of rotatable bonds is 6. The molecule has 0 radical (unpaired) electrons. The van der Waals surface area contributed by atoms with Gasteiger partial charge in [0.15, 0.2) is 0 Å². The molecular weight excluding hydrogens is 248 g/mol. The molecule has 0 amide bonds. The average Bonchev–Trinajstić information content (AvgIpc) is 2.74. The first-order valence-corrected chi connectivity index (χ1v) is 8.34. The summed E-state index contributed by atoms with van der Waals surface area (Å²) in [4.78, 5) is 0. The Morgan fingerprint density at radius 1 is 1.30 bits per heavy atom. The van der Waals surface area contributed by atoms with Crippen molar-refractivity contribution in [3.63, 3.8) is 0 Å². The highest BCUT2D eigenvalue weighted by Gasteiger charge is 2.28. The van der Waals surface area contributed by atoms with Gasteiger partial charge in [0, 0.05) is 18.5 Å². The van der Waals surface area contributed by atoms with Crippen LogP contribution in [0.15, 0.2) is 6.20 Å². The van der Waals surface area contributed by atoms with Gasteiger partial charge in [0.25, 0.3) is 0 Å². The fourth-order valence-corrected chi connectivity index (χ4v) is 3.34. The standard InChI is InChI=1S/C16H30N4/c1-4-10-20-16(12-18-19-20)15-9-7-5-6-8-14(15)11-17-13(2)3/h12-15,17H,4-11H2,1-3H3. The van der Waals surface area contributed by atoms with E-state index >= 15 is 0 Å². The second kappa shape index (κ2) is 7.77. The minimum Gasteiger partial charge on any atom is -0.314 e. The Bertz CT molecular complexity index is 386. The monoisotopic (exact) mass is 278 g/mol. The van der Waals surface area contributed by atoms with Gasteiger partial charge in [-0.1, -0.05) is 45.2 Å². The molecule has 1 heterocycles. The Kier molecular flexibility index (Phi) is 6.02. The molecule has 1 aromatic rings. The minimum absolute atomic E-state index is 0.567. The van der Waals surface area contributed by atoms with E-state index in [1.54, 1.807) is 0 Å². The van der Waals surface area contributed by atoms with Crippen LogP contribution in [-0.2, 0) is 6.54 Å². The topological polar surface area (TPSA) is 42.7 Å². The van der Waals surface area contributed by atoms with E-state index in [1.165, 1.54) is 37.8 Å². The predicted octanol–water partition coefficient (Wildman–Crippen LogP) is 3.35. The number of nitrogens with one attached hydrogen (secondary N) is 1. The molecule has 1 aliphatic rings. The van der Waals surface area contributed by atoms with Crippen molar-refractivity contribution in [2.24, 2.45) is 5.92 Å². The van der Waals surface area contributed by atoms with Crippen molar-refractivity contribution in [3.8, 4) is 0 Å². The minimum atomic E-state index is 0.567. The summed E-state index contributed by atoms with van der Waals surface area (Å²) in [5, 5.41) is 12.1. The Morgan fingerprint density at radius 3 is 2.85 bits per heavy atom. The largest absolute Gasteiger partial charge is 0.314 e. The molecule has 0 spiro atoms. The van der Waals surface area contributed by atoms with Crippen molar-refractivity contribution in [3.05, 3.63) is 11.9 Å². The highest BCUT2D eigenvalue weighted by atomic mass is 15.4. The zero-order valence-electron chi connectivity index (χ0n) is 13.3. The van der Waals surface area contributed by atoms with Gasteiger partial charge in [-0.05, 0) is 31.7 Å². The molecule has 4 nitrogen and oxygen atoms in total. The molecule has 2 atom stereocenters. The van der Waals surface area contributed by atoms with Crippen LogP contribution in [-0.4, -0.2) is 27.6 Å². The Morgan fingerprint density at radius 2 is 2.10 bits per heavy atom. The summed E-state index contributed by atoms with van der Waals surface area (Å²) in [6.07, 6.45) is 9.86. The zero-order chi connectivity index (χ0) is 14.4. The van der Waals surface area contributed by atoms with Gasteiger partial charge in [0.05, 0.1) is 11.9 Å². The SMILES string of the molecule is CCCn1nncc1C1CCCCCC1CNC(C)C. The van der Waals surface area contributed by atoms with E-state index in [0.717, 1.165) is 25.4 Å². The van der Waals surface area contributed by atoms with Crippen LogP contribution in [0.4, 0.5) is 0 Å². The molecule has 2 rings (SSSR count). The number of aryl methyl sites for hydroxylation is 1. The van der Waals surface area contributed by atoms with Crippen molar-refractivity contribution in [1.29, 1.82) is 0 Å². The molecule has 1 fully saturated rings. The third kappa shape index (κ3) is 4.05. The van der Waals surface area contributed by atoms with E-state index in [2.05, 4.69) is 41.1 Å². The maximum Gasteiger partial charge on any atom is 0.0728 e. The van der Waals surface area contributed by atoms with Gasteiger partial charge in [-0.2, -0.15) is 0 Å². The summed E-state index contributed by atoms with van der Waals surface area (Å²) in [5.74, 6) is 1.36. The first kappa shape index (κ1) is 15.5. The fraction of sp³-hybridized carbons (Fsp3) is 0.875. The predicted molar refractivity (Wildman–Crippen MR) is 82.8 cm³/mol. The van der Waals surface area contributed by atoms with E-state index in [0.29, 0.717) is 12.0 Å². The lowest BCUT2D eigenvalue weighted by molar-refractivity contribution is 0.345. The molecule has 1 N–H and O–H groups in total. The highest BCUT2D eigenvalue weighted by molar-refractivity contribution is 5.07. The zero-order valence-corrected chi connectivity index (χ0v) is 13.3. The second-order valence-corrected chi connectivity index (χ2v) is 6.45. The van der Waals surface area contributed by atoms with Crippen LogP contribution in [0.2, 0.25) is 0 Å². The van der Waals surface area contributed by atoms with E-state index in [4.69, 9.17) is 0 Å². The molecule has 114 valence electrons. The van der Waals surface area contributed by atoms with Crippen LogP contribution in [0.3, 0.4) is 0 Å². The number of hydrogen-bond acceptors (Lipinski definition) is 3. The highest BCUT2D eigenvalue weighted by Crippen LogP contribution is 2.36. The number of aromatic nitrogens is 3. The summed E-state index contributed by atoms with van der Waals surface area (Å²) >= 11 is 0. The van der Waals surface area contributed by atoms with Gasteiger partial charge in [0.2, 0.25) is 0 Å². The number of nitrogens with zero attached hydrogens (tertiary/aromatic N) is 3. The van der Waals surface area contributed by atoms with Crippen molar-refractivity contribution in [2.45, 2.75) is 77.8 Å². The van der Waals surface area contributed by atoms with Crippen LogP contribution in [0, 0.1) is 5.92 Å². The van der Waals surface area contributed by atoms with E-state index in [1.807, 2.05) is 6.20 Å². The Hall–Kier alpha value is -0.900. The van der Waals surface area contributed by atoms with Crippen LogP contribution in [0.1, 0.15) is 70.9 Å². The Balaban J connectivity index is 2.12. The lowest BCUT2D eigenvalue weighted by Crippen LogP contribution is -2.32. The van der Waals surface area contributed by atoms with Gasteiger partial charge < -0.3 is 5.32 Å². The van der Waals surface area contributed by atoms with Gasteiger partial charge in [0.1, 0.15) is 0 Å². The first-order valence-electron chi connectivity index (χ1n) is 8.34. The molecule has 1 aromatic heterocycles. The van der Waals surface area contributed by atoms with Crippen molar-refractivity contribution < 1.29 is 0 Å². The summed E-state index contributed by atoms with van der Waals surface area (Å²) < 4.78 is 2.14. The molecule has 1 saturated carbocycles. The maximum atomic E-state index is 4.29. The van der Waals surface area contributed by atoms with E-state index in [-0.39, 0.29) is 0 Å². The fourth-order valence-electron chi connectivity index (χ4n) is 3.34.